The van der Waals surface area contributed by atoms with Crippen molar-refractivity contribution in [2.45, 2.75) is 33.4 Å². The maximum Gasteiger partial charge on any atom is 0.246 e. The van der Waals surface area contributed by atoms with Crippen molar-refractivity contribution in [1.82, 2.24) is 15.0 Å². The van der Waals surface area contributed by atoms with Crippen LogP contribution in [0.5, 0.6) is 0 Å². The highest BCUT2D eigenvalue weighted by atomic mass is 16.5. The van der Waals surface area contributed by atoms with Gasteiger partial charge in [-0.2, -0.15) is 4.98 Å². The van der Waals surface area contributed by atoms with Crippen LogP contribution in [0.4, 0.5) is 0 Å². The van der Waals surface area contributed by atoms with Crippen LogP contribution in [0, 0.1) is 20.8 Å². The summed E-state index contributed by atoms with van der Waals surface area (Å²) >= 11 is 0. The Bertz CT molecular complexity index is 897. The maximum atomic E-state index is 5.64. The number of benzene rings is 2. The Balaban J connectivity index is 1.51. The van der Waals surface area contributed by atoms with Crippen LogP contribution in [0.1, 0.15) is 34.4 Å². The Hall–Kier alpha value is -2.50. The summed E-state index contributed by atoms with van der Waals surface area (Å²) in [6.07, 6.45) is 0. The number of rotatable bonds is 4. The van der Waals surface area contributed by atoms with Crippen LogP contribution in [0.25, 0.3) is 11.1 Å². The first-order valence-electron chi connectivity index (χ1n) is 9.38. The molecule has 0 radical (unpaired) electrons. The summed E-state index contributed by atoms with van der Waals surface area (Å²) in [5.74, 6) is 1.30. The summed E-state index contributed by atoms with van der Waals surface area (Å²) in [7, 11) is 0. The average molecular weight is 363 g/mol. The summed E-state index contributed by atoms with van der Waals surface area (Å²) in [4.78, 5) is 6.75. The van der Waals surface area contributed by atoms with Crippen molar-refractivity contribution >= 4 is 0 Å². The Labute approximate surface area is 160 Å². The molecule has 1 aliphatic rings. The molecule has 4 rings (SSSR count). The van der Waals surface area contributed by atoms with Crippen molar-refractivity contribution in [3.63, 3.8) is 0 Å². The minimum atomic E-state index is 0.0130. The van der Waals surface area contributed by atoms with Gasteiger partial charge in [0.05, 0.1) is 13.2 Å². The van der Waals surface area contributed by atoms with Gasteiger partial charge in [0.1, 0.15) is 6.04 Å². The molecule has 5 nitrogen and oxygen atoms in total. The lowest BCUT2D eigenvalue weighted by Crippen LogP contribution is -2.39. The van der Waals surface area contributed by atoms with E-state index in [1.165, 1.54) is 27.8 Å². The Kier molecular flexibility index (Phi) is 5.05. The van der Waals surface area contributed by atoms with Crippen LogP contribution in [0.3, 0.4) is 0 Å². The second kappa shape index (κ2) is 7.62. The third kappa shape index (κ3) is 4.10. The minimum absolute atomic E-state index is 0.0130. The van der Waals surface area contributed by atoms with Crippen molar-refractivity contribution in [1.29, 1.82) is 0 Å². The van der Waals surface area contributed by atoms with Crippen molar-refractivity contribution in [3.05, 3.63) is 70.9 Å². The smallest absolute Gasteiger partial charge is 0.246 e. The molecule has 1 aliphatic heterocycles. The zero-order valence-corrected chi connectivity index (χ0v) is 16.1. The van der Waals surface area contributed by atoms with Crippen LogP contribution in [0.2, 0.25) is 0 Å². The molecule has 140 valence electrons. The maximum absolute atomic E-state index is 5.64. The molecule has 0 spiro atoms. The van der Waals surface area contributed by atoms with Gasteiger partial charge in [-0.1, -0.05) is 58.7 Å². The fraction of sp³-hybridized carbons (Fsp3) is 0.364. The van der Waals surface area contributed by atoms with E-state index in [-0.39, 0.29) is 6.04 Å². The average Bonchev–Trinajstić information content (AvgIpc) is 3.08. The lowest BCUT2D eigenvalue weighted by Gasteiger charge is -2.33. The lowest BCUT2D eigenvalue weighted by atomic mass is 9.99. The van der Waals surface area contributed by atoms with E-state index in [9.17, 15) is 0 Å². The number of hydrogen-bond donors (Lipinski definition) is 0. The standard InChI is InChI=1S/C22H25N3O2/c1-15-10-16(2)12-20(11-15)19-6-4-18(5-7-19)13-25-8-9-26-14-21(25)22-23-17(3)24-27-22/h4-7,10-12,21H,8-9,13-14H2,1-3H3/t21-/m1/s1. The molecule has 2 aromatic carbocycles. The van der Waals surface area contributed by atoms with E-state index >= 15 is 0 Å². The summed E-state index contributed by atoms with van der Waals surface area (Å²) in [6.45, 7) is 9.12. The van der Waals surface area contributed by atoms with E-state index in [4.69, 9.17) is 9.26 Å². The fourth-order valence-electron chi connectivity index (χ4n) is 3.68. The van der Waals surface area contributed by atoms with Crippen LogP contribution < -0.4 is 0 Å². The molecule has 0 bridgehead atoms. The van der Waals surface area contributed by atoms with E-state index < -0.39 is 0 Å². The van der Waals surface area contributed by atoms with E-state index in [2.05, 4.69) is 71.4 Å². The minimum Gasteiger partial charge on any atom is -0.378 e. The van der Waals surface area contributed by atoms with Gasteiger partial charge in [0.2, 0.25) is 5.89 Å². The Morgan fingerprint density at radius 2 is 1.74 bits per heavy atom. The number of hydrogen-bond acceptors (Lipinski definition) is 5. The molecular formula is C22H25N3O2. The van der Waals surface area contributed by atoms with Gasteiger partial charge in [0.15, 0.2) is 5.82 Å². The molecule has 0 aliphatic carbocycles. The van der Waals surface area contributed by atoms with E-state index in [0.29, 0.717) is 18.3 Å². The van der Waals surface area contributed by atoms with Gasteiger partial charge in [0, 0.05) is 13.1 Å². The van der Waals surface area contributed by atoms with Gasteiger partial charge in [-0.3, -0.25) is 4.90 Å². The number of ether oxygens (including phenoxy) is 1. The van der Waals surface area contributed by atoms with Crippen molar-refractivity contribution in [2.75, 3.05) is 19.8 Å². The molecule has 2 heterocycles. The fourth-order valence-corrected chi connectivity index (χ4v) is 3.68. The highest BCUT2D eigenvalue weighted by Gasteiger charge is 2.29. The Morgan fingerprint density at radius 3 is 2.41 bits per heavy atom. The third-order valence-electron chi connectivity index (χ3n) is 4.96. The van der Waals surface area contributed by atoms with Crippen LogP contribution in [-0.2, 0) is 11.3 Å². The van der Waals surface area contributed by atoms with E-state index in [1.54, 1.807) is 0 Å². The molecule has 0 amide bonds. The molecule has 3 aromatic rings. The topological polar surface area (TPSA) is 51.4 Å². The van der Waals surface area contributed by atoms with Gasteiger partial charge < -0.3 is 9.26 Å². The first-order chi connectivity index (χ1) is 13.1. The Morgan fingerprint density at radius 1 is 1.00 bits per heavy atom. The van der Waals surface area contributed by atoms with Crippen molar-refractivity contribution in [2.24, 2.45) is 0 Å². The van der Waals surface area contributed by atoms with Crippen molar-refractivity contribution in [3.8, 4) is 11.1 Å². The predicted octanol–water partition coefficient (Wildman–Crippen LogP) is 4.24. The second-order valence-electron chi connectivity index (χ2n) is 7.31. The highest BCUT2D eigenvalue weighted by Crippen LogP contribution is 2.27. The van der Waals surface area contributed by atoms with E-state index in [1.807, 2.05) is 6.92 Å². The van der Waals surface area contributed by atoms with Crippen molar-refractivity contribution < 1.29 is 9.26 Å². The summed E-state index contributed by atoms with van der Waals surface area (Å²) < 4.78 is 11.0. The van der Waals surface area contributed by atoms with Gasteiger partial charge in [-0.05, 0) is 37.5 Å². The molecule has 0 N–H and O–H groups in total. The number of aryl methyl sites for hydroxylation is 3. The highest BCUT2D eigenvalue weighted by molar-refractivity contribution is 5.65. The molecule has 0 unspecified atom stereocenters. The molecule has 1 fully saturated rings. The summed E-state index contributed by atoms with van der Waals surface area (Å²) in [5, 5.41) is 3.92. The largest absolute Gasteiger partial charge is 0.378 e. The molecule has 0 saturated carbocycles. The quantitative estimate of drug-likeness (QED) is 0.694. The van der Waals surface area contributed by atoms with Gasteiger partial charge >= 0.3 is 0 Å². The molecule has 1 saturated heterocycles. The van der Waals surface area contributed by atoms with Crippen LogP contribution in [0.15, 0.2) is 47.0 Å². The molecule has 1 aromatic heterocycles. The van der Waals surface area contributed by atoms with Crippen LogP contribution in [-0.4, -0.2) is 34.8 Å². The number of morpholine rings is 1. The SMILES string of the molecule is Cc1cc(C)cc(-c2ccc(CN3CCOC[C@@H]3c3nc(C)no3)cc2)c1. The summed E-state index contributed by atoms with van der Waals surface area (Å²) in [5.41, 5.74) is 6.37. The van der Waals surface area contributed by atoms with Crippen LogP contribution >= 0.6 is 0 Å². The lowest BCUT2D eigenvalue weighted by molar-refractivity contribution is -0.0240. The summed E-state index contributed by atoms with van der Waals surface area (Å²) in [6, 6.07) is 15.5. The first-order valence-corrected chi connectivity index (χ1v) is 9.38. The first kappa shape index (κ1) is 17.9. The zero-order valence-electron chi connectivity index (χ0n) is 16.1. The predicted molar refractivity (Wildman–Crippen MR) is 104 cm³/mol. The van der Waals surface area contributed by atoms with Gasteiger partial charge in [0.25, 0.3) is 0 Å². The third-order valence-corrected chi connectivity index (χ3v) is 4.96. The van der Waals surface area contributed by atoms with Gasteiger partial charge in [-0.15, -0.1) is 0 Å². The molecule has 5 heteroatoms. The van der Waals surface area contributed by atoms with E-state index in [0.717, 1.165) is 19.7 Å². The van der Waals surface area contributed by atoms with Gasteiger partial charge in [-0.25, -0.2) is 0 Å². The second-order valence-corrected chi connectivity index (χ2v) is 7.31. The number of nitrogens with zero attached hydrogens (tertiary/aromatic N) is 3. The number of aromatic nitrogens is 2. The monoisotopic (exact) mass is 363 g/mol. The molecular weight excluding hydrogens is 338 g/mol. The normalized spacial score (nSPS) is 18.0. The molecule has 27 heavy (non-hydrogen) atoms. The molecule has 1 atom stereocenters. The zero-order chi connectivity index (χ0) is 18.8.